The first-order valence-corrected chi connectivity index (χ1v) is 12.1. The lowest BCUT2D eigenvalue weighted by Crippen LogP contribution is -2.18. The van der Waals surface area contributed by atoms with Gasteiger partial charge >= 0.3 is 0 Å². The van der Waals surface area contributed by atoms with E-state index in [0.29, 0.717) is 22.9 Å². The van der Waals surface area contributed by atoms with Crippen LogP contribution in [0.25, 0.3) is 45.1 Å². The number of aromatic hydroxyl groups is 2. The number of hydrogen-bond donors (Lipinski definition) is 2. The number of phenolic OH excluding ortho intramolecular Hbond substituents is 2. The number of phenols is 2. The molecule has 6 heteroatoms. The zero-order chi connectivity index (χ0) is 25.9. The largest absolute Gasteiger partial charge is 0.508 e. The molecule has 37 heavy (non-hydrogen) atoms. The van der Waals surface area contributed by atoms with Crippen LogP contribution < -0.4 is 0 Å². The zero-order valence-corrected chi connectivity index (χ0v) is 21.0. The van der Waals surface area contributed by atoms with Gasteiger partial charge in [-0.15, -0.1) is 0 Å². The highest BCUT2D eigenvalue weighted by Gasteiger charge is 2.25. The number of rotatable bonds is 4. The molecule has 0 aliphatic heterocycles. The van der Waals surface area contributed by atoms with Gasteiger partial charge in [-0.3, -0.25) is 0 Å². The average Bonchev–Trinajstić information content (AvgIpc) is 3.50. The fourth-order valence-corrected chi connectivity index (χ4v) is 4.62. The number of fused-ring (bicyclic) bond motifs is 2. The smallest absolute Gasteiger partial charge is 0.227 e. The second-order valence-electron chi connectivity index (χ2n) is 10.0. The Hall–Kier alpha value is -4.58. The minimum atomic E-state index is -0.329. The molecule has 0 aliphatic carbocycles. The molecule has 6 rings (SSSR count). The van der Waals surface area contributed by atoms with Gasteiger partial charge in [0.15, 0.2) is 11.2 Å². The first-order chi connectivity index (χ1) is 17.7. The topological polar surface area (TPSA) is 92.5 Å². The van der Waals surface area contributed by atoms with E-state index in [9.17, 15) is 10.2 Å². The molecule has 6 aromatic rings. The summed E-state index contributed by atoms with van der Waals surface area (Å²) in [6, 6.07) is 22.8. The van der Waals surface area contributed by atoms with E-state index in [1.54, 1.807) is 24.3 Å². The Morgan fingerprint density at radius 2 is 1.03 bits per heavy atom. The number of aromatic nitrogens is 2. The van der Waals surface area contributed by atoms with Gasteiger partial charge in [0.1, 0.15) is 22.5 Å². The maximum absolute atomic E-state index is 9.84. The van der Waals surface area contributed by atoms with Gasteiger partial charge < -0.3 is 19.0 Å². The minimum Gasteiger partial charge on any atom is -0.508 e. The van der Waals surface area contributed by atoms with Crippen LogP contribution in [0.1, 0.15) is 36.1 Å². The van der Waals surface area contributed by atoms with E-state index in [1.807, 2.05) is 38.1 Å². The Balaban J connectivity index is 1.36. The normalized spacial score (nSPS) is 12.0. The summed E-state index contributed by atoms with van der Waals surface area (Å²) in [7, 11) is 0. The molecule has 0 atom stereocenters. The first kappa shape index (κ1) is 22.9. The van der Waals surface area contributed by atoms with Crippen LogP contribution in [0.4, 0.5) is 0 Å². The Labute approximate surface area is 213 Å². The SMILES string of the molecule is Cc1cc(-c2nc3cc(C(C)(C)c4ccc5oc(-c6ccc(O)c(C)c6)nc5c4)ccc3o2)ccc1O. The summed E-state index contributed by atoms with van der Waals surface area (Å²) in [6.45, 7) is 8.04. The third-order valence-corrected chi connectivity index (χ3v) is 7.11. The van der Waals surface area contributed by atoms with E-state index in [-0.39, 0.29) is 16.9 Å². The zero-order valence-electron chi connectivity index (χ0n) is 21.0. The van der Waals surface area contributed by atoms with Crippen molar-refractivity contribution in [3.63, 3.8) is 0 Å². The number of oxazole rings is 2. The standard InChI is InChI=1S/C31H26N2O4/c1-17-13-19(5-9-25(17)34)29-32-23-15-21(7-11-27(23)36-29)31(3,4)22-8-12-28-24(16-22)33-30(37-28)20-6-10-26(35)18(2)14-20/h5-16,34-35H,1-4H3. The van der Waals surface area contributed by atoms with Crippen LogP contribution in [0.3, 0.4) is 0 Å². The molecule has 184 valence electrons. The molecule has 0 saturated heterocycles. The molecular weight excluding hydrogens is 464 g/mol. The predicted molar refractivity (Wildman–Crippen MR) is 144 cm³/mol. The average molecular weight is 491 g/mol. The van der Waals surface area contributed by atoms with Gasteiger partial charge in [-0.1, -0.05) is 26.0 Å². The van der Waals surface area contributed by atoms with Gasteiger partial charge in [-0.05, 0) is 96.8 Å². The van der Waals surface area contributed by atoms with Gasteiger partial charge in [0.05, 0.1) is 0 Å². The van der Waals surface area contributed by atoms with E-state index in [1.165, 1.54) is 0 Å². The van der Waals surface area contributed by atoms with E-state index < -0.39 is 0 Å². The molecule has 0 bridgehead atoms. The highest BCUT2D eigenvalue weighted by Crippen LogP contribution is 2.37. The van der Waals surface area contributed by atoms with Crippen molar-refractivity contribution >= 4 is 22.2 Å². The van der Waals surface area contributed by atoms with Gasteiger partial charge in [-0.25, -0.2) is 9.97 Å². The molecule has 0 saturated carbocycles. The maximum Gasteiger partial charge on any atom is 0.227 e. The summed E-state index contributed by atoms with van der Waals surface area (Å²) in [5, 5.41) is 19.7. The number of nitrogens with zero attached hydrogens (tertiary/aromatic N) is 2. The number of aryl methyl sites for hydroxylation is 2. The van der Waals surface area contributed by atoms with Gasteiger partial charge in [-0.2, -0.15) is 0 Å². The number of benzene rings is 4. The molecule has 0 amide bonds. The van der Waals surface area contributed by atoms with Crippen LogP contribution in [0.2, 0.25) is 0 Å². The minimum absolute atomic E-state index is 0.248. The fourth-order valence-electron chi connectivity index (χ4n) is 4.62. The van der Waals surface area contributed by atoms with Crippen LogP contribution in [0.15, 0.2) is 81.6 Å². The van der Waals surface area contributed by atoms with Crippen LogP contribution in [-0.4, -0.2) is 20.2 Å². The Kier molecular flexibility index (Phi) is 5.09. The maximum atomic E-state index is 9.84. The van der Waals surface area contributed by atoms with Crippen molar-refractivity contribution in [2.45, 2.75) is 33.1 Å². The third kappa shape index (κ3) is 3.91. The van der Waals surface area contributed by atoms with E-state index in [4.69, 9.17) is 18.8 Å². The summed E-state index contributed by atoms with van der Waals surface area (Å²) < 4.78 is 12.0. The summed E-state index contributed by atoms with van der Waals surface area (Å²) in [5.74, 6) is 1.54. The molecule has 0 fully saturated rings. The molecule has 2 aromatic heterocycles. The highest BCUT2D eigenvalue weighted by atomic mass is 16.4. The second-order valence-corrected chi connectivity index (χ2v) is 10.0. The van der Waals surface area contributed by atoms with E-state index in [0.717, 1.165) is 44.4 Å². The molecule has 2 N–H and O–H groups in total. The molecular formula is C31H26N2O4. The van der Waals surface area contributed by atoms with Crippen LogP contribution >= 0.6 is 0 Å². The molecule has 4 aromatic carbocycles. The highest BCUT2D eigenvalue weighted by molar-refractivity contribution is 5.79. The Morgan fingerprint density at radius 1 is 0.595 bits per heavy atom. The van der Waals surface area contributed by atoms with Crippen molar-refractivity contribution in [3.05, 3.63) is 95.1 Å². The lowest BCUT2D eigenvalue weighted by Gasteiger charge is -2.26. The predicted octanol–water partition coefficient (Wildman–Crippen LogP) is 7.66. The van der Waals surface area contributed by atoms with Crippen molar-refractivity contribution < 1.29 is 19.0 Å². The van der Waals surface area contributed by atoms with Crippen molar-refractivity contribution in [3.8, 4) is 34.4 Å². The third-order valence-electron chi connectivity index (χ3n) is 7.11. The number of hydrogen-bond acceptors (Lipinski definition) is 6. The lowest BCUT2D eigenvalue weighted by atomic mass is 9.78. The van der Waals surface area contributed by atoms with Gasteiger partial charge in [0.2, 0.25) is 11.8 Å². The van der Waals surface area contributed by atoms with Crippen LogP contribution in [0, 0.1) is 13.8 Å². The second kappa shape index (κ2) is 8.23. The molecule has 6 nitrogen and oxygen atoms in total. The first-order valence-electron chi connectivity index (χ1n) is 12.1. The monoisotopic (exact) mass is 490 g/mol. The molecule has 0 unspecified atom stereocenters. The van der Waals surface area contributed by atoms with Crippen LogP contribution in [0.5, 0.6) is 11.5 Å². The van der Waals surface area contributed by atoms with Gasteiger partial charge in [0.25, 0.3) is 0 Å². The summed E-state index contributed by atoms with van der Waals surface area (Å²) in [5.41, 5.74) is 8.02. The fraction of sp³-hybridized carbons (Fsp3) is 0.161. The molecule has 2 heterocycles. The summed E-state index contributed by atoms with van der Waals surface area (Å²) in [6.07, 6.45) is 0. The van der Waals surface area contributed by atoms with E-state index >= 15 is 0 Å². The quantitative estimate of drug-likeness (QED) is 0.264. The molecule has 0 spiro atoms. The Morgan fingerprint density at radius 3 is 1.43 bits per heavy atom. The van der Waals surface area contributed by atoms with Crippen molar-refractivity contribution in [1.29, 1.82) is 0 Å². The molecule has 0 aliphatic rings. The lowest BCUT2D eigenvalue weighted by molar-refractivity contribution is 0.470. The summed E-state index contributed by atoms with van der Waals surface area (Å²) >= 11 is 0. The van der Waals surface area contributed by atoms with Crippen LogP contribution in [-0.2, 0) is 5.41 Å². The van der Waals surface area contributed by atoms with E-state index in [2.05, 4.69) is 38.1 Å². The van der Waals surface area contributed by atoms with Crippen molar-refractivity contribution in [1.82, 2.24) is 9.97 Å². The molecule has 0 radical (unpaired) electrons. The van der Waals surface area contributed by atoms with Crippen molar-refractivity contribution in [2.24, 2.45) is 0 Å². The summed E-state index contributed by atoms with van der Waals surface area (Å²) in [4.78, 5) is 9.46. The van der Waals surface area contributed by atoms with Crippen molar-refractivity contribution in [2.75, 3.05) is 0 Å². The van der Waals surface area contributed by atoms with Gasteiger partial charge in [0, 0.05) is 16.5 Å². The Bertz CT molecular complexity index is 1680.